The van der Waals surface area contributed by atoms with E-state index in [-0.39, 0.29) is 11.8 Å². The molecule has 0 aliphatic carbocycles. The SMILES string of the molecule is C[C](C)C(C1CCC(c2ccccc2)CNC1=O)N(N)C(=O)O. The van der Waals surface area contributed by atoms with Crippen molar-refractivity contribution in [2.45, 2.75) is 38.6 Å². The van der Waals surface area contributed by atoms with Crippen molar-refractivity contribution >= 4 is 12.0 Å². The molecule has 1 heterocycles. The number of hydrogen-bond donors (Lipinski definition) is 3. The van der Waals surface area contributed by atoms with Crippen LogP contribution in [0.25, 0.3) is 0 Å². The molecule has 1 fully saturated rings. The third-order valence-electron chi connectivity index (χ3n) is 4.45. The number of hydrazine groups is 1. The van der Waals surface area contributed by atoms with Gasteiger partial charge >= 0.3 is 6.09 Å². The average Bonchev–Trinajstić information content (AvgIpc) is 2.71. The van der Waals surface area contributed by atoms with Gasteiger partial charge in [0.2, 0.25) is 5.91 Å². The third kappa shape index (κ3) is 4.01. The van der Waals surface area contributed by atoms with Crippen molar-refractivity contribution in [3.05, 3.63) is 41.8 Å². The van der Waals surface area contributed by atoms with E-state index < -0.39 is 18.1 Å². The van der Waals surface area contributed by atoms with Gasteiger partial charge < -0.3 is 10.4 Å². The summed E-state index contributed by atoms with van der Waals surface area (Å²) in [4.78, 5) is 23.7. The molecule has 0 aromatic heterocycles. The van der Waals surface area contributed by atoms with Crippen molar-refractivity contribution in [1.29, 1.82) is 0 Å². The molecule has 0 saturated carbocycles. The van der Waals surface area contributed by atoms with Crippen LogP contribution < -0.4 is 11.2 Å². The van der Waals surface area contributed by atoms with Gasteiger partial charge in [0.05, 0.1) is 12.0 Å². The van der Waals surface area contributed by atoms with Gasteiger partial charge in [-0.15, -0.1) is 0 Å². The van der Waals surface area contributed by atoms with Crippen LogP contribution in [-0.4, -0.2) is 34.7 Å². The van der Waals surface area contributed by atoms with E-state index >= 15 is 0 Å². The second-order valence-corrected chi connectivity index (χ2v) is 6.25. The maximum Gasteiger partial charge on any atom is 0.421 e. The number of amides is 2. The molecule has 6 heteroatoms. The highest BCUT2D eigenvalue weighted by Crippen LogP contribution is 2.31. The van der Waals surface area contributed by atoms with E-state index in [0.29, 0.717) is 13.0 Å². The first-order valence-corrected chi connectivity index (χ1v) is 7.81. The van der Waals surface area contributed by atoms with Crippen molar-refractivity contribution in [3.8, 4) is 0 Å². The number of nitrogens with one attached hydrogen (secondary N) is 1. The molecule has 1 aromatic carbocycles. The predicted molar refractivity (Wildman–Crippen MR) is 87.3 cm³/mol. The number of benzene rings is 1. The highest BCUT2D eigenvalue weighted by atomic mass is 16.4. The number of nitrogens with two attached hydrogens (primary N) is 1. The minimum absolute atomic E-state index is 0.133. The predicted octanol–water partition coefficient (Wildman–Crippen LogP) is 2.13. The minimum Gasteiger partial charge on any atom is -0.464 e. The van der Waals surface area contributed by atoms with Crippen molar-refractivity contribution in [2.75, 3.05) is 6.54 Å². The standard InChI is InChI=1S/C17H24N3O3/c1-11(2)15(20(18)17(22)23)14-9-8-13(10-19-16(14)21)12-6-4-3-5-7-12/h3-7,13-15H,8-10,18H2,1-2H3,(H,19,21)(H,22,23). The first-order chi connectivity index (χ1) is 10.9. The maximum atomic E-state index is 12.5. The van der Waals surface area contributed by atoms with Crippen LogP contribution in [0.15, 0.2) is 30.3 Å². The molecule has 1 aromatic rings. The number of nitrogens with zero attached hydrogens (tertiary/aromatic N) is 1. The lowest BCUT2D eigenvalue weighted by Gasteiger charge is -2.33. The van der Waals surface area contributed by atoms with Gasteiger partial charge in [0.15, 0.2) is 0 Å². The summed E-state index contributed by atoms with van der Waals surface area (Å²) in [5.74, 6) is 6.14. The summed E-state index contributed by atoms with van der Waals surface area (Å²) in [6, 6.07) is 9.43. The largest absolute Gasteiger partial charge is 0.464 e. The molecule has 125 valence electrons. The van der Waals surface area contributed by atoms with E-state index in [9.17, 15) is 14.7 Å². The summed E-state index contributed by atoms with van der Waals surface area (Å²) in [6.07, 6.45) is 0.181. The van der Waals surface area contributed by atoms with Crippen LogP contribution in [0.2, 0.25) is 0 Å². The van der Waals surface area contributed by atoms with Crippen molar-refractivity contribution < 1.29 is 14.7 Å². The zero-order valence-electron chi connectivity index (χ0n) is 13.5. The van der Waals surface area contributed by atoms with Crippen LogP contribution in [0.4, 0.5) is 4.79 Å². The Morgan fingerprint density at radius 3 is 2.52 bits per heavy atom. The van der Waals surface area contributed by atoms with E-state index in [0.717, 1.165) is 17.3 Å². The summed E-state index contributed by atoms with van der Waals surface area (Å²) in [6.45, 7) is 4.17. The molecule has 0 spiro atoms. The van der Waals surface area contributed by atoms with Crippen molar-refractivity contribution in [3.63, 3.8) is 0 Å². The Bertz CT molecular complexity index is 547. The monoisotopic (exact) mass is 318 g/mol. The smallest absolute Gasteiger partial charge is 0.421 e. The van der Waals surface area contributed by atoms with Gasteiger partial charge in [0.25, 0.3) is 0 Å². The maximum absolute atomic E-state index is 12.5. The number of carbonyl (C=O) groups excluding carboxylic acids is 1. The number of rotatable bonds is 4. The van der Waals surface area contributed by atoms with Crippen LogP contribution >= 0.6 is 0 Å². The Kier molecular flexibility index (Phi) is 5.60. The molecular weight excluding hydrogens is 294 g/mol. The normalized spacial score (nSPS) is 23.0. The minimum atomic E-state index is -1.23. The fourth-order valence-electron chi connectivity index (χ4n) is 3.27. The lowest BCUT2D eigenvalue weighted by atomic mass is 9.84. The van der Waals surface area contributed by atoms with Crippen LogP contribution in [-0.2, 0) is 4.79 Å². The number of carbonyl (C=O) groups is 2. The first kappa shape index (κ1) is 17.3. The van der Waals surface area contributed by atoms with E-state index in [1.807, 2.05) is 18.2 Å². The van der Waals surface area contributed by atoms with E-state index in [2.05, 4.69) is 17.4 Å². The zero-order chi connectivity index (χ0) is 17.0. The Hall–Kier alpha value is -2.08. The highest BCUT2D eigenvalue weighted by Gasteiger charge is 2.38. The van der Waals surface area contributed by atoms with E-state index in [1.54, 1.807) is 13.8 Å². The van der Waals surface area contributed by atoms with Gasteiger partial charge in [-0.1, -0.05) is 44.2 Å². The van der Waals surface area contributed by atoms with E-state index in [4.69, 9.17) is 5.84 Å². The molecular formula is C17H24N3O3. The molecule has 2 rings (SSSR count). The molecule has 1 saturated heterocycles. The lowest BCUT2D eigenvalue weighted by Crippen LogP contribution is -2.53. The van der Waals surface area contributed by atoms with Crippen LogP contribution in [0, 0.1) is 11.8 Å². The van der Waals surface area contributed by atoms with E-state index in [1.165, 1.54) is 5.56 Å². The second-order valence-electron chi connectivity index (χ2n) is 6.25. The summed E-state index contributed by atoms with van der Waals surface area (Å²) in [5.41, 5.74) is 1.19. The van der Waals surface area contributed by atoms with Crippen molar-refractivity contribution in [2.24, 2.45) is 11.8 Å². The molecule has 2 amide bonds. The second kappa shape index (κ2) is 7.46. The molecule has 6 nitrogen and oxygen atoms in total. The summed E-state index contributed by atoms with van der Waals surface area (Å²) in [7, 11) is 0. The third-order valence-corrected chi connectivity index (χ3v) is 4.45. The molecule has 4 N–H and O–H groups in total. The van der Waals surface area contributed by atoms with Gasteiger partial charge in [-0.25, -0.2) is 15.6 Å². The van der Waals surface area contributed by atoms with Gasteiger partial charge in [0.1, 0.15) is 0 Å². The quantitative estimate of drug-likeness (QED) is 0.450. The number of hydrogen-bond acceptors (Lipinski definition) is 3. The van der Waals surface area contributed by atoms with Crippen LogP contribution in [0.1, 0.15) is 38.2 Å². The van der Waals surface area contributed by atoms with Gasteiger partial charge in [0, 0.05) is 12.5 Å². The Labute approximate surface area is 136 Å². The zero-order valence-corrected chi connectivity index (χ0v) is 13.5. The fourth-order valence-corrected chi connectivity index (χ4v) is 3.27. The topological polar surface area (TPSA) is 95.7 Å². The fraction of sp³-hybridized carbons (Fsp3) is 0.471. The lowest BCUT2D eigenvalue weighted by molar-refractivity contribution is -0.126. The molecule has 1 aliphatic rings. The molecule has 1 aliphatic heterocycles. The first-order valence-electron chi connectivity index (χ1n) is 7.81. The summed E-state index contributed by atoms with van der Waals surface area (Å²) >= 11 is 0. The molecule has 1 radical (unpaired) electrons. The Morgan fingerprint density at radius 2 is 1.96 bits per heavy atom. The molecule has 0 bridgehead atoms. The van der Waals surface area contributed by atoms with Crippen LogP contribution in [0.5, 0.6) is 0 Å². The average molecular weight is 318 g/mol. The molecule has 3 unspecified atom stereocenters. The summed E-state index contributed by atoms with van der Waals surface area (Å²) < 4.78 is 0. The highest BCUT2D eigenvalue weighted by molar-refractivity contribution is 5.81. The van der Waals surface area contributed by atoms with Gasteiger partial charge in [-0.2, -0.15) is 0 Å². The van der Waals surface area contributed by atoms with Gasteiger partial charge in [-0.3, -0.25) is 4.79 Å². The van der Waals surface area contributed by atoms with Crippen LogP contribution in [0.3, 0.4) is 0 Å². The molecule has 23 heavy (non-hydrogen) atoms. The number of carboxylic acid groups (broad SMARTS) is 1. The van der Waals surface area contributed by atoms with Crippen molar-refractivity contribution in [1.82, 2.24) is 10.3 Å². The summed E-state index contributed by atoms with van der Waals surface area (Å²) in [5, 5.41) is 12.9. The Balaban J connectivity index is 2.17. The molecule has 3 atom stereocenters. The Morgan fingerprint density at radius 1 is 1.30 bits per heavy atom. The van der Waals surface area contributed by atoms with Gasteiger partial charge in [-0.05, 0) is 24.3 Å².